The van der Waals surface area contributed by atoms with Gasteiger partial charge in [-0.1, -0.05) is 31.0 Å². The topological polar surface area (TPSA) is 66.5 Å². The van der Waals surface area contributed by atoms with Crippen molar-refractivity contribution in [1.82, 2.24) is 5.32 Å². The van der Waals surface area contributed by atoms with E-state index in [1.165, 1.54) is 0 Å². The Morgan fingerprint density at radius 3 is 2.55 bits per heavy atom. The quantitative estimate of drug-likeness (QED) is 0.825. The Hall–Kier alpha value is -1.27. The minimum absolute atomic E-state index is 0.0144. The first-order valence-corrected chi connectivity index (χ1v) is 9.41. The number of nitrogens with one attached hydrogen (secondary N) is 1. The first kappa shape index (κ1) is 18.8. The summed E-state index contributed by atoms with van der Waals surface area (Å²) in [4.78, 5) is 12.1. The Morgan fingerprint density at radius 1 is 1.41 bits per heavy atom. The second-order valence-corrected chi connectivity index (χ2v) is 7.77. The highest BCUT2D eigenvalue weighted by molar-refractivity contribution is 7.92. The number of carbonyl (C=O) groups is 1. The normalized spacial score (nSPS) is 12.8. The number of amides is 1. The summed E-state index contributed by atoms with van der Waals surface area (Å²) in [6.45, 7) is 5.50. The van der Waals surface area contributed by atoms with E-state index in [2.05, 4.69) is 5.32 Å². The lowest BCUT2D eigenvalue weighted by Crippen LogP contribution is -2.43. The van der Waals surface area contributed by atoms with Crippen LogP contribution in [-0.2, 0) is 14.8 Å². The predicted octanol–water partition coefficient (Wildman–Crippen LogP) is 2.72. The SMILES string of the molecule is CCC[C@H](C)NC(=O)CN(c1ccc(C)c(Cl)c1)S(C)(=O)=O. The number of rotatable bonds is 7. The number of carbonyl (C=O) groups excluding carboxylic acids is 1. The maximum absolute atomic E-state index is 12.1. The van der Waals surface area contributed by atoms with E-state index in [9.17, 15) is 13.2 Å². The predicted molar refractivity (Wildman–Crippen MR) is 90.9 cm³/mol. The lowest BCUT2D eigenvalue weighted by molar-refractivity contribution is -0.120. The zero-order valence-electron chi connectivity index (χ0n) is 13.4. The molecule has 0 unspecified atom stereocenters. The van der Waals surface area contributed by atoms with E-state index in [1.807, 2.05) is 20.8 Å². The average molecular weight is 347 g/mol. The van der Waals surface area contributed by atoms with Gasteiger partial charge in [0.1, 0.15) is 6.54 Å². The molecule has 1 aromatic rings. The third-order valence-electron chi connectivity index (χ3n) is 3.26. The number of nitrogens with zero attached hydrogens (tertiary/aromatic N) is 1. The Morgan fingerprint density at radius 2 is 2.05 bits per heavy atom. The van der Waals surface area contributed by atoms with E-state index >= 15 is 0 Å². The fraction of sp³-hybridized carbons (Fsp3) is 0.533. The molecule has 1 atom stereocenters. The van der Waals surface area contributed by atoms with Gasteiger partial charge in [0.2, 0.25) is 15.9 Å². The number of hydrogen-bond donors (Lipinski definition) is 1. The molecular weight excluding hydrogens is 324 g/mol. The molecule has 1 aromatic carbocycles. The van der Waals surface area contributed by atoms with Crippen molar-refractivity contribution in [1.29, 1.82) is 0 Å². The van der Waals surface area contributed by atoms with Crippen molar-refractivity contribution in [3.05, 3.63) is 28.8 Å². The maximum Gasteiger partial charge on any atom is 0.240 e. The summed E-state index contributed by atoms with van der Waals surface area (Å²) in [6.07, 6.45) is 2.87. The van der Waals surface area contributed by atoms with Gasteiger partial charge in [-0.3, -0.25) is 9.10 Å². The summed E-state index contributed by atoms with van der Waals surface area (Å²) < 4.78 is 25.0. The van der Waals surface area contributed by atoms with E-state index in [4.69, 9.17) is 11.6 Å². The number of halogens is 1. The van der Waals surface area contributed by atoms with Crippen LogP contribution < -0.4 is 9.62 Å². The van der Waals surface area contributed by atoms with Crippen LogP contribution in [0.4, 0.5) is 5.69 Å². The highest BCUT2D eigenvalue weighted by Crippen LogP contribution is 2.24. The molecular formula is C15H23ClN2O3S. The van der Waals surface area contributed by atoms with Gasteiger partial charge in [-0.05, 0) is 38.0 Å². The summed E-state index contributed by atoms with van der Waals surface area (Å²) in [7, 11) is -3.58. The fourth-order valence-corrected chi connectivity index (χ4v) is 3.12. The summed E-state index contributed by atoms with van der Waals surface area (Å²) in [5.41, 5.74) is 1.23. The molecule has 0 saturated heterocycles. The van der Waals surface area contributed by atoms with Crippen molar-refractivity contribution in [3.8, 4) is 0 Å². The first-order chi connectivity index (χ1) is 10.1. The molecule has 0 aliphatic heterocycles. The number of anilines is 1. The van der Waals surface area contributed by atoms with Crippen LogP contribution in [-0.4, -0.2) is 33.2 Å². The third kappa shape index (κ3) is 5.50. The Bertz CT molecular complexity index is 632. The van der Waals surface area contributed by atoms with E-state index < -0.39 is 10.0 Å². The van der Waals surface area contributed by atoms with Gasteiger partial charge in [-0.2, -0.15) is 0 Å². The summed E-state index contributed by atoms with van der Waals surface area (Å²) in [6, 6.07) is 4.94. The smallest absolute Gasteiger partial charge is 0.240 e. The molecule has 7 heteroatoms. The molecule has 0 spiro atoms. The monoisotopic (exact) mass is 346 g/mol. The van der Waals surface area contributed by atoms with Gasteiger partial charge in [0.15, 0.2) is 0 Å². The van der Waals surface area contributed by atoms with Crippen LogP contribution in [0.15, 0.2) is 18.2 Å². The van der Waals surface area contributed by atoms with Gasteiger partial charge >= 0.3 is 0 Å². The van der Waals surface area contributed by atoms with Gasteiger partial charge in [-0.25, -0.2) is 8.42 Å². The molecule has 0 saturated carbocycles. The van der Waals surface area contributed by atoms with Crippen LogP contribution in [0.5, 0.6) is 0 Å². The Balaban J connectivity index is 2.95. The summed E-state index contributed by atoms with van der Waals surface area (Å²) in [5.74, 6) is -0.330. The van der Waals surface area contributed by atoms with Crippen molar-refractivity contribution >= 4 is 33.2 Å². The highest BCUT2D eigenvalue weighted by atomic mass is 35.5. The van der Waals surface area contributed by atoms with E-state index in [0.29, 0.717) is 10.7 Å². The highest BCUT2D eigenvalue weighted by Gasteiger charge is 2.22. The molecule has 1 amide bonds. The lowest BCUT2D eigenvalue weighted by atomic mass is 10.2. The largest absolute Gasteiger partial charge is 0.352 e. The van der Waals surface area contributed by atoms with Gasteiger partial charge in [-0.15, -0.1) is 0 Å². The van der Waals surface area contributed by atoms with Gasteiger partial charge < -0.3 is 5.32 Å². The fourth-order valence-electron chi connectivity index (χ4n) is 2.09. The molecule has 1 rings (SSSR count). The number of aryl methyl sites for hydroxylation is 1. The average Bonchev–Trinajstić information content (AvgIpc) is 2.38. The molecule has 0 bridgehead atoms. The third-order valence-corrected chi connectivity index (χ3v) is 4.81. The van der Waals surface area contributed by atoms with Gasteiger partial charge in [0, 0.05) is 11.1 Å². The number of sulfonamides is 1. The van der Waals surface area contributed by atoms with Crippen molar-refractivity contribution < 1.29 is 13.2 Å². The molecule has 0 heterocycles. The van der Waals surface area contributed by atoms with Gasteiger partial charge in [0.25, 0.3) is 0 Å². The maximum atomic E-state index is 12.1. The number of hydrogen-bond acceptors (Lipinski definition) is 3. The van der Waals surface area contributed by atoms with Crippen LogP contribution in [0, 0.1) is 6.92 Å². The molecule has 1 N–H and O–H groups in total. The number of benzene rings is 1. The molecule has 124 valence electrons. The van der Waals surface area contributed by atoms with E-state index in [-0.39, 0.29) is 18.5 Å². The van der Waals surface area contributed by atoms with Gasteiger partial charge in [0.05, 0.1) is 11.9 Å². The lowest BCUT2D eigenvalue weighted by Gasteiger charge is -2.23. The zero-order chi connectivity index (χ0) is 16.9. The molecule has 0 radical (unpaired) electrons. The molecule has 0 aromatic heterocycles. The van der Waals surface area contributed by atoms with Crippen LogP contribution in [0.25, 0.3) is 0 Å². The van der Waals surface area contributed by atoms with Crippen molar-refractivity contribution in [3.63, 3.8) is 0 Å². The summed E-state index contributed by atoms with van der Waals surface area (Å²) in [5, 5.41) is 3.26. The second kappa shape index (κ2) is 7.83. The van der Waals surface area contributed by atoms with Crippen LogP contribution in [0.2, 0.25) is 5.02 Å². The molecule has 22 heavy (non-hydrogen) atoms. The first-order valence-electron chi connectivity index (χ1n) is 7.18. The van der Waals surface area contributed by atoms with E-state index in [1.54, 1.807) is 18.2 Å². The van der Waals surface area contributed by atoms with Crippen molar-refractivity contribution in [2.75, 3.05) is 17.1 Å². The molecule has 5 nitrogen and oxygen atoms in total. The van der Waals surface area contributed by atoms with E-state index in [0.717, 1.165) is 29.0 Å². The zero-order valence-corrected chi connectivity index (χ0v) is 15.0. The standard InChI is InChI=1S/C15H23ClN2O3S/c1-5-6-12(3)17-15(19)10-18(22(4,20)21)13-8-7-11(2)14(16)9-13/h7-9,12H,5-6,10H2,1-4H3,(H,17,19)/t12-/m0/s1. The molecule has 0 aliphatic carbocycles. The van der Waals surface area contributed by atoms with Crippen LogP contribution in [0.1, 0.15) is 32.3 Å². The molecule has 0 fully saturated rings. The van der Waals surface area contributed by atoms with Crippen molar-refractivity contribution in [2.24, 2.45) is 0 Å². The van der Waals surface area contributed by atoms with Crippen LogP contribution in [0.3, 0.4) is 0 Å². The Labute approximate surface area is 137 Å². The van der Waals surface area contributed by atoms with Crippen molar-refractivity contribution in [2.45, 2.75) is 39.7 Å². The Kier molecular flexibility index (Phi) is 6.68. The second-order valence-electron chi connectivity index (χ2n) is 5.46. The van der Waals surface area contributed by atoms with Crippen LogP contribution >= 0.6 is 11.6 Å². The molecule has 0 aliphatic rings. The summed E-state index contributed by atoms with van der Waals surface area (Å²) >= 11 is 6.05. The minimum atomic E-state index is -3.58. The minimum Gasteiger partial charge on any atom is -0.352 e.